The highest BCUT2D eigenvalue weighted by Crippen LogP contribution is 2.37. The van der Waals surface area contributed by atoms with Crippen LogP contribution in [0, 0.1) is 5.92 Å². The molecule has 2 rings (SSSR count). The van der Waals surface area contributed by atoms with Crippen molar-refractivity contribution >= 4 is 0 Å². The Bertz CT molecular complexity index is 383. The van der Waals surface area contributed by atoms with Crippen LogP contribution in [0.1, 0.15) is 95.3 Å². The van der Waals surface area contributed by atoms with Crippen LogP contribution in [0.2, 0.25) is 0 Å². The van der Waals surface area contributed by atoms with Crippen LogP contribution < -0.4 is 5.73 Å². The summed E-state index contributed by atoms with van der Waals surface area (Å²) in [5.41, 5.74) is 6.04. The third kappa shape index (κ3) is 4.05. The fourth-order valence-corrected chi connectivity index (χ4v) is 3.19. The van der Waals surface area contributed by atoms with Gasteiger partial charge in [-0.05, 0) is 38.0 Å². The SMILES string of the molecule is CCCCC1CCC(c2nc(C(N)CCC)no2)CC1. The van der Waals surface area contributed by atoms with Crippen LogP contribution in [0.25, 0.3) is 0 Å². The van der Waals surface area contributed by atoms with E-state index in [1.807, 2.05) is 0 Å². The lowest BCUT2D eigenvalue weighted by atomic mass is 9.80. The molecular formula is C16H29N3O. The molecular weight excluding hydrogens is 250 g/mol. The third-order valence-electron chi connectivity index (χ3n) is 4.55. The van der Waals surface area contributed by atoms with Gasteiger partial charge in [-0.3, -0.25) is 0 Å². The number of unbranched alkanes of at least 4 members (excludes halogenated alkanes) is 1. The number of nitrogens with two attached hydrogens (primary N) is 1. The summed E-state index contributed by atoms with van der Waals surface area (Å²) >= 11 is 0. The Morgan fingerprint density at radius 1 is 1.20 bits per heavy atom. The van der Waals surface area contributed by atoms with Gasteiger partial charge in [-0.1, -0.05) is 44.7 Å². The summed E-state index contributed by atoms with van der Waals surface area (Å²) in [5, 5.41) is 4.07. The van der Waals surface area contributed by atoms with Crippen LogP contribution in [0.5, 0.6) is 0 Å². The van der Waals surface area contributed by atoms with Crippen LogP contribution in [-0.2, 0) is 0 Å². The first kappa shape index (κ1) is 15.5. The molecule has 4 nitrogen and oxygen atoms in total. The van der Waals surface area contributed by atoms with Crippen LogP contribution in [-0.4, -0.2) is 10.1 Å². The van der Waals surface area contributed by atoms with Gasteiger partial charge in [0, 0.05) is 5.92 Å². The lowest BCUT2D eigenvalue weighted by Gasteiger charge is -2.26. The predicted octanol–water partition coefficient (Wildman–Crippen LogP) is 4.33. The number of nitrogens with zero attached hydrogens (tertiary/aromatic N) is 2. The average Bonchev–Trinajstić information content (AvgIpc) is 2.96. The van der Waals surface area contributed by atoms with Gasteiger partial charge in [0.15, 0.2) is 5.82 Å². The van der Waals surface area contributed by atoms with Gasteiger partial charge in [-0.15, -0.1) is 0 Å². The van der Waals surface area contributed by atoms with Gasteiger partial charge in [0.2, 0.25) is 5.89 Å². The first-order valence-electron chi connectivity index (χ1n) is 8.33. The Labute approximate surface area is 122 Å². The Hall–Kier alpha value is -0.900. The lowest BCUT2D eigenvalue weighted by Crippen LogP contribution is -2.14. The van der Waals surface area contributed by atoms with Crippen molar-refractivity contribution in [2.45, 2.75) is 83.6 Å². The summed E-state index contributed by atoms with van der Waals surface area (Å²) in [6.07, 6.45) is 11.0. The zero-order chi connectivity index (χ0) is 14.4. The molecule has 0 aromatic carbocycles. The van der Waals surface area contributed by atoms with Crippen LogP contribution in [0.3, 0.4) is 0 Å². The first-order valence-corrected chi connectivity index (χ1v) is 8.33. The second-order valence-electron chi connectivity index (χ2n) is 6.25. The zero-order valence-corrected chi connectivity index (χ0v) is 13.0. The molecule has 0 aliphatic heterocycles. The van der Waals surface area contributed by atoms with E-state index in [4.69, 9.17) is 10.3 Å². The molecule has 1 aliphatic rings. The van der Waals surface area contributed by atoms with Gasteiger partial charge in [-0.2, -0.15) is 4.98 Å². The maximum atomic E-state index is 6.04. The van der Waals surface area contributed by atoms with Crippen molar-refractivity contribution in [1.29, 1.82) is 0 Å². The van der Waals surface area contributed by atoms with Gasteiger partial charge < -0.3 is 10.3 Å². The molecule has 1 aromatic rings. The Morgan fingerprint density at radius 3 is 2.60 bits per heavy atom. The van der Waals surface area contributed by atoms with E-state index >= 15 is 0 Å². The van der Waals surface area contributed by atoms with E-state index in [0.717, 1.165) is 24.7 Å². The van der Waals surface area contributed by atoms with E-state index in [1.54, 1.807) is 0 Å². The molecule has 0 radical (unpaired) electrons. The maximum Gasteiger partial charge on any atom is 0.229 e. The maximum absolute atomic E-state index is 6.04. The predicted molar refractivity (Wildman–Crippen MR) is 80.4 cm³/mol. The minimum atomic E-state index is -0.0709. The van der Waals surface area contributed by atoms with Crippen molar-refractivity contribution in [2.75, 3.05) is 0 Å². The molecule has 20 heavy (non-hydrogen) atoms. The van der Waals surface area contributed by atoms with Gasteiger partial charge in [0.1, 0.15) is 0 Å². The fraction of sp³-hybridized carbons (Fsp3) is 0.875. The molecule has 1 heterocycles. The Kier molecular flexibility index (Phi) is 6.02. The molecule has 0 spiro atoms. The molecule has 2 N–H and O–H groups in total. The summed E-state index contributed by atoms with van der Waals surface area (Å²) in [5.74, 6) is 2.88. The summed E-state index contributed by atoms with van der Waals surface area (Å²) in [6.45, 7) is 4.39. The van der Waals surface area contributed by atoms with Crippen molar-refractivity contribution in [3.8, 4) is 0 Å². The molecule has 0 amide bonds. The van der Waals surface area contributed by atoms with E-state index in [1.165, 1.54) is 44.9 Å². The number of hydrogen-bond acceptors (Lipinski definition) is 4. The highest BCUT2D eigenvalue weighted by molar-refractivity contribution is 4.99. The minimum absolute atomic E-state index is 0.0709. The van der Waals surface area contributed by atoms with Gasteiger partial charge in [0.05, 0.1) is 6.04 Å². The second-order valence-corrected chi connectivity index (χ2v) is 6.25. The van der Waals surface area contributed by atoms with E-state index < -0.39 is 0 Å². The molecule has 1 saturated carbocycles. The molecule has 4 heteroatoms. The standard InChI is InChI=1S/C16H29N3O/c1-3-5-7-12-8-10-13(11-9-12)16-18-15(19-20-16)14(17)6-4-2/h12-14H,3-11,17H2,1-2H3. The lowest BCUT2D eigenvalue weighted by molar-refractivity contribution is 0.259. The zero-order valence-electron chi connectivity index (χ0n) is 13.0. The van der Waals surface area contributed by atoms with Crippen molar-refractivity contribution in [3.05, 3.63) is 11.7 Å². The van der Waals surface area contributed by atoms with Crippen LogP contribution in [0.15, 0.2) is 4.52 Å². The van der Waals surface area contributed by atoms with Gasteiger partial charge >= 0.3 is 0 Å². The molecule has 1 aliphatic carbocycles. The highest BCUT2D eigenvalue weighted by Gasteiger charge is 2.26. The largest absolute Gasteiger partial charge is 0.339 e. The summed E-state index contributed by atoms with van der Waals surface area (Å²) in [4.78, 5) is 4.54. The topological polar surface area (TPSA) is 64.9 Å². The molecule has 1 unspecified atom stereocenters. The number of rotatable bonds is 7. The fourth-order valence-electron chi connectivity index (χ4n) is 3.19. The Morgan fingerprint density at radius 2 is 1.95 bits per heavy atom. The molecule has 0 saturated heterocycles. The van der Waals surface area contributed by atoms with Crippen molar-refractivity contribution in [1.82, 2.24) is 10.1 Å². The quantitative estimate of drug-likeness (QED) is 0.806. The Balaban J connectivity index is 1.84. The smallest absolute Gasteiger partial charge is 0.229 e. The average molecular weight is 279 g/mol. The molecule has 1 aromatic heterocycles. The third-order valence-corrected chi connectivity index (χ3v) is 4.55. The monoisotopic (exact) mass is 279 g/mol. The summed E-state index contributed by atoms with van der Waals surface area (Å²) in [7, 11) is 0. The number of aromatic nitrogens is 2. The van der Waals surface area contributed by atoms with E-state index in [-0.39, 0.29) is 6.04 Å². The molecule has 1 fully saturated rings. The van der Waals surface area contributed by atoms with Crippen molar-refractivity contribution in [2.24, 2.45) is 11.7 Å². The molecule has 114 valence electrons. The first-order chi connectivity index (χ1) is 9.74. The molecule has 1 atom stereocenters. The highest BCUT2D eigenvalue weighted by atomic mass is 16.5. The van der Waals surface area contributed by atoms with Crippen molar-refractivity contribution < 1.29 is 4.52 Å². The van der Waals surface area contributed by atoms with Crippen LogP contribution in [0.4, 0.5) is 0 Å². The van der Waals surface area contributed by atoms with Gasteiger partial charge in [0.25, 0.3) is 0 Å². The van der Waals surface area contributed by atoms with E-state index in [2.05, 4.69) is 24.0 Å². The summed E-state index contributed by atoms with van der Waals surface area (Å²) < 4.78 is 5.45. The van der Waals surface area contributed by atoms with E-state index in [9.17, 15) is 0 Å². The normalized spacial score (nSPS) is 24.8. The van der Waals surface area contributed by atoms with Crippen molar-refractivity contribution in [3.63, 3.8) is 0 Å². The van der Waals surface area contributed by atoms with E-state index in [0.29, 0.717) is 11.7 Å². The van der Waals surface area contributed by atoms with Gasteiger partial charge in [-0.25, -0.2) is 0 Å². The summed E-state index contributed by atoms with van der Waals surface area (Å²) in [6, 6.07) is -0.0709. The number of hydrogen-bond donors (Lipinski definition) is 1. The second kappa shape index (κ2) is 7.77. The van der Waals surface area contributed by atoms with Crippen LogP contribution >= 0.6 is 0 Å². The molecule has 0 bridgehead atoms. The minimum Gasteiger partial charge on any atom is -0.339 e.